The molecule has 0 heterocycles. The van der Waals surface area contributed by atoms with Gasteiger partial charge in [-0.15, -0.1) is 0 Å². The highest BCUT2D eigenvalue weighted by Gasteiger charge is 2.06. The molecule has 0 radical (unpaired) electrons. The molecule has 0 N–H and O–H groups in total. The van der Waals surface area contributed by atoms with E-state index in [0.717, 1.165) is 6.42 Å². The molecule has 1 aliphatic carbocycles. The monoisotopic (exact) mass is 213 g/mol. The van der Waals surface area contributed by atoms with E-state index >= 15 is 0 Å². The van der Waals surface area contributed by atoms with Gasteiger partial charge in [0.05, 0.1) is 0 Å². The number of hydrogen-bond donors (Lipinski definition) is 0. The quantitative estimate of drug-likeness (QED) is 0.720. The van der Waals surface area contributed by atoms with Crippen LogP contribution in [0.1, 0.15) is 25.3 Å². The van der Waals surface area contributed by atoms with Crippen molar-refractivity contribution in [3.05, 3.63) is 47.6 Å². The fourth-order valence-electron chi connectivity index (χ4n) is 2.07. The molecule has 0 saturated carbocycles. The van der Waals surface area contributed by atoms with E-state index in [-0.39, 0.29) is 0 Å². The van der Waals surface area contributed by atoms with Crippen LogP contribution in [-0.4, -0.2) is 14.1 Å². The van der Waals surface area contributed by atoms with Gasteiger partial charge in [0, 0.05) is 19.8 Å². The molecule has 0 bridgehead atoms. The molecule has 1 heteroatoms. The van der Waals surface area contributed by atoms with E-state index < -0.39 is 0 Å². The van der Waals surface area contributed by atoms with Crippen LogP contribution in [0.5, 0.6) is 0 Å². The van der Waals surface area contributed by atoms with E-state index in [4.69, 9.17) is 0 Å². The number of nitrogens with zero attached hydrogens (tertiary/aromatic N) is 1. The van der Waals surface area contributed by atoms with Gasteiger partial charge in [0.2, 0.25) is 0 Å². The second-order valence-corrected chi connectivity index (χ2v) is 4.60. The van der Waals surface area contributed by atoms with E-state index in [9.17, 15) is 0 Å². The van der Waals surface area contributed by atoms with Gasteiger partial charge in [0.1, 0.15) is 0 Å². The average molecular weight is 213 g/mol. The van der Waals surface area contributed by atoms with Crippen LogP contribution < -0.4 is 4.90 Å². The molecule has 0 spiro atoms. The first-order valence-electron chi connectivity index (χ1n) is 5.82. The van der Waals surface area contributed by atoms with Gasteiger partial charge in [-0.1, -0.05) is 29.9 Å². The van der Waals surface area contributed by atoms with Crippen molar-refractivity contribution in [1.29, 1.82) is 0 Å². The second kappa shape index (κ2) is 4.56. The molecule has 0 aliphatic heterocycles. The Morgan fingerprint density at radius 3 is 2.69 bits per heavy atom. The lowest BCUT2D eigenvalue weighted by Crippen LogP contribution is -2.08. The summed E-state index contributed by atoms with van der Waals surface area (Å²) >= 11 is 0. The summed E-state index contributed by atoms with van der Waals surface area (Å²) in [7, 11) is 4.17. The van der Waals surface area contributed by atoms with Crippen LogP contribution in [0.3, 0.4) is 0 Å². The van der Waals surface area contributed by atoms with E-state index in [1.54, 1.807) is 0 Å². The van der Waals surface area contributed by atoms with Gasteiger partial charge in [-0.25, -0.2) is 0 Å². The Labute approximate surface area is 98.1 Å². The van der Waals surface area contributed by atoms with Crippen molar-refractivity contribution in [3.63, 3.8) is 0 Å². The fraction of sp³-hybridized carbons (Fsp3) is 0.333. The van der Waals surface area contributed by atoms with E-state index in [1.807, 2.05) is 0 Å². The van der Waals surface area contributed by atoms with Gasteiger partial charge in [-0.3, -0.25) is 0 Å². The fourth-order valence-corrected chi connectivity index (χ4v) is 2.07. The maximum Gasteiger partial charge on any atom is 0.0367 e. The number of anilines is 1. The van der Waals surface area contributed by atoms with Gasteiger partial charge < -0.3 is 4.90 Å². The summed E-state index contributed by atoms with van der Waals surface area (Å²) in [6.45, 7) is 2.18. The third-order valence-corrected chi connectivity index (χ3v) is 3.02. The molecule has 1 aromatic carbocycles. The lowest BCUT2D eigenvalue weighted by molar-refractivity contribution is 1.03. The zero-order valence-corrected chi connectivity index (χ0v) is 10.3. The normalized spacial score (nSPS) is 15.4. The molecule has 0 fully saturated rings. The molecule has 84 valence electrons. The molecule has 16 heavy (non-hydrogen) atoms. The average Bonchev–Trinajstić information content (AvgIpc) is 2.29. The maximum atomic E-state index is 2.30. The number of rotatable bonds is 2. The van der Waals surface area contributed by atoms with Crippen LogP contribution in [0, 0.1) is 0 Å². The number of hydrogen-bond acceptors (Lipinski definition) is 1. The minimum Gasteiger partial charge on any atom is -0.378 e. The molecule has 0 aromatic heterocycles. The van der Waals surface area contributed by atoms with Crippen LogP contribution >= 0.6 is 0 Å². The smallest absolute Gasteiger partial charge is 0.0367 e. The number of allylic oxidation sites excluding steroid dienone is 4. The van der Waals surface area contributed by atoms with Crippen LogP contribution in [0.25, 0.3) is 5.57 Å². The Hall–Kier alpha value is -1.50. The summed E-state index contributed by atoms with van der Waals surface area (Å²) in [5, 5.41) is 0. The highest BCUT2D eigenvalue weighted by atomic mass is 15.1. The molecule has 1 nitrogen and oxygen atoms in total. The van der Waals surface area contributed by atoms with Crippen LogP contribution in [0.4, 0.5) is 5.69 Å². The Morgan fingerprint density at radius 2 is 2.00 bits per heavy atom. The zero-order valence-electron chi connectivity index (χ0n) is 10.3. The van der Waals surface area contributed by atoms with Gasteiger partial charge in [0.25, 0.3) is 0 Å². The van der Waals surface area contributed by atoms with E-state index in [1.165, 1.54) is 28.8 Å². The first-order chi connectivity index (χ1) is 7.66. The summed E-state index contributed by atoms with van der Waals surface area (Å²) < 4.78 is 0. The molecule has 2 rings (SSSR count). The van der Waals surface area contributed by atoms with E-state index in [2.05, 4.69) is 62.3 Å². The van der Waals surface area contributed by atoms with Crippen molar-refractivity contribution < 1.29 is 0 Å². The number of benzene rings is 1. The van der Waals surface area contributed by atoms with Crippen molar-refractivity contribution in [1.82, 2.24) is 0 Å². The minimum atomic E-state index is 1.16. The summed E-state index contributed by atoms with van der Waals surface area (Å²) in [6, 6.07) is 8.76. The molecular formula is C15H19N. The highest BCUT2D eigenvalue weighted by molar-refractivity contribution is 5.72. The Kier molecular flexibility index (Phi) is 3.14. The SMILES string of the molecule is CC1=CCCC(c2cccc(N(C)C)c2)=C1. The van der Waals surface area contributed by atoms with E-state index in [0.29, 0.717) is 0 Å². The summed E-state index contributed by atoms with van der Waals surface area (Å²) in [6.07, 6.45) is 6.94. The van der Waals surface area contributed by atoms with Crippen molar-refractivity contribution in [2.45, 2.75) is 19.8 Å². The lowest BCUT2D eigenvalue weighted by atomic mass is 9.94. The lowest BCUT2D eigenvalue weighted by Gasteiger charge is -2.16. The third-order valence-electron chi connectivity index (χ3n) is 3.02. The van der Waals surface area contributed by atoms with Crippen molar-refractivity contribution >= 4 is 11.3 Å². The van der Waals surface area contributed by atoms with Gasteiger partial charge >= 0.3 is 0 Å². The third kappa shape index (κ3) is 2.35. The summed E-state index contributed by atoms with van der Waals surface area (Å²) in [5.41, 5.74) is 5.48. The van der Waals surface area contributed by atoms with Crippen molar-refractivity contribution in [2.24, 2.45) is 0 Å². The largest absolute Gasteiger partial charge is 0.378 e. The zero-order chi connectivity index (χ0) is 11.5. The predicted molar refractivity (Wildman–Crippen MR) is 71.7 cm³/mol. The van der Waals surface area contributed by atoms with Crippen molar-refractivity contribution in [3.8, 4) is 0 Å². The first kappa shape index (κ1) is 11.0. The molecule has 1 aliphatic rings. The Bertz CT molecular complexity index is 439. The van der Waals surface area contributed by atoms with Crippen molar-refractivity contribution in [2.75, 3.05) is 19.0 Å². The topological polar surface area (TPSA) is 3.24 Å². The van der Waals surface area contributed by atoms with Gasteiger partial charge in [-0.05, 0) is 43.0 Å². The van der Waals surface area contributed by atoms with Crippen LogP contribution in [0.15, 0.2) is 42.0 Å². The molecule has 0 amide bonds. The highest BCUT2D eigenvalue weighted by Crippen LogP contribution is 2.28. The molecule has 0 unspecified atom stereocenters. The molecule has 0 saturated heterocycles. The predicted octanol–water partition coefficient (Wildman–Crippen LogP) is 3.88. The Morgan fingerprint density at radius 1 is 1.19 bits per heavy atom. The first-order valence-corrected chi connectivity index (χ1v) is 5.82. The Balaban J connectivity index is 2.34. The van der Waals surface area contributed by atoms with Gasteiger partial charge in [-0.2, -0.15) is 0 Å². The molecule has 1 aromatic rings. The standard InChI is InChI=1S/C15H19N/c1-12-6-4-7-13(10-12)14-8-5-9-15(11-14)16(2)3/h5-6,8-11H,4,7H2,1-3H3. The maximum absolute atomic E-state index is 2.30. The van der Waals surface area contributed by atoms with Crippen LogP contribution in [0.2, 0.25) is 0 Å². The minimum absolute atomic E-state index is 1.16. The summed E-state index contributed by atoms with van der Waals surface area (Å²) in [4.78, 5) is 2.15. The summed E-state index contributed by atoms with van der Waals surface area (Å²) in [5.74, 6) is 0. The van der Waals surface area contributed by atoms with Crippen LogP contribution in [-0.2, 0) is 0 Å². The second-order valence-electron chi connectivity index (χ2n) is 4.60. The van der Waals surface area contributed by atoms with Gasteiger partial charge in [0.15, 0.2) is 0 Å². The molecular weight excluding hydrogens is 194 g/mol. The molecule has 0 atom stereocenters.